The number of aromatic nitrogens is 2. The number of amides is 1. The van der Waals surface area contributed by atoms with Gasteiger partial charge in [0, 0.05) is 17.4 Å². The van der Waals surface area contributed by atoms with Crippen LogP contribution in [0.15, 0.2) is 48.5 Å². The number of nitrogens with zero attached hydrogens (tertiary/aromatic N) is 2. The lowest BCUT2D eigenvalue weighted by atomic mass is 10.1. The van der Waals surface area contributed by atoms with E-state index in [-0.39, 0.29) is 11.6 Å². The summed E-state index contributed by atoms with van der Waals surface area (Å²) >= 11 is 0. The summed E-state index contributed by atoms with van der Waals surface area (Å²) in [6, 6.07) is 14.6. The molecule has 0 radical (unpaired) electrons. The SMILES string of the molecule is COc1ccc(NC(=O)c2ccc(Nc3ccc(C)cc3C)nn2)cc1OC. The molecule has 1 amide bonds. The van der Waals surface area contributed by atoms with Gasteiger partial charge in [-0.15, -0.1) is 10.2 Å². The molecular formula is C21H22N4O3. The molecule has 0 fully saturated rings. The number of hydrogen-bond acceptors (Lipinski definition) is 6. The van der Waals surface area contributed by atoms with E-state index >= 15 is 0 Å². The smallest absolute Gasteiger partial charge is 0.276 e. The summed E-state index contributed by atoms with van der Waals surface area (Å²) in [5.41, 5.74) is 4.03. The van der Waals surface area contributed by atoms with Crippen molar-refractivity contribution in [3.63, 3.8) is 0 Å². The number of hydrogen-bond donors (Lipinski definition) is 2. The first-order valence-corrected chi connectivity index (χ1v) is 8.71. The third kappa shape index (κ3) is 4.37. The Morgan fingerprint density at radius 3 is 2.32 bits per heavy atom. The fraction of sp³-hybridized carbons (Fsp3) is 0.190. The van der Waals surface area contributed by atoms with Gasteiger partial charge >= 0.3 is 0 Å². The first-order valence-electron chi connectivity index (χ1n) is 8.71. The molecule has 7 nitrogen and oxygen atoms in total. The minimum Gasteiger partial charge on any atom is -0.493 e. The molecule has 2 N–H and O–H groups in total. The van der Waals surface area contributed by atoms with Crippen LogP contribution in [0.3, 0.4) is 0 Å². The van der Waals surface area contributed by atoms with Gasteiger partial charge in [0.25, 0.3) is 5.91 Å². The molecule has 2 aromatic carbocycles. The van der Waals surface area contributed by atoms with Crippen LogP contribution in [0.1, 0.15) is 21.6 Å². The highest BCUT2D eigenvalue weighted by molar-refractivity contribution is 6.03. The maximum absolute atomic E-state index is 12.4. The third-order valence-corrected chi connectivity index (χ3v) is 4.18. The van der Waals surface area contributed by atoms with Crippen LogP contribution in [0, 0.1) is 13.8 Å². The number of methoxy groups -OCH3 is 2. The number of carbonyl (C=O) groups is 1. The Labute approximate surface area is 163 Å². The van der Waals surface area contributed by atoms with Crippen molar-refractivity contribution in [3.05, 3.63) is 65.4 Å². The predicted molar refractivity (Wildman–Crippen MR) is 109 cm³/mol. The summed E-state index contributed by atoms with van der Waals surface area (Å²) in [5, 5.41) is 14.1. The molecule has 1 heterocycles. The molecule has 0 spiro atoms. The largest absolute Gasteiger partial charge is 0.493 e. The molecule has 0 bridgehead atoms. The number of rotatable bonds is 6. The Kier molecular flexibility index (Phi) is 5.74. The predicted octanol–water partition coefficient (Wildman–Crippen LogP) is 4.11. The average Bonchev–Trinajstić information content (AvgIpc) is 2.70. The topological polar surface area (TPSA) is 85.4 Å². The van der Waals surface area contributed by atoms with Crippen molar-refractivity contribution >= 4 is 23.1 Å². The van der Waals surface area contributed by atoms with Gasteiger partial charge in [0.2, 0.25) is 0 Å². The summed E-state index contributed by atoms with van der Waals surface area (Å²) in [7, 11) is 3.09. The van der Waals surface area contributed by atoms with Crippen LogP contribution in [0.2, 0.25) is 0 Å². The van der Waals surface area contributed by atoms with Crippen LogP contribution in [-0.4, -0.2) is 30.3 Å². The zero-order valence-corrected chi connectivity index (χ0v) is 16.2. The monoisotopic (exact) mass is 378 g/mol. The first-order chi connectivity index (χ1) is 13.5. The van der Waals surface area contributed by atoms with Gasteiger partial charge in [-0.1, -0.05) is 17.7 Å². The van der Waals surface area contributed by atoms with Crippen LogP contribution < -0.4 is 20.1 Å². The molecule has 0 unspecified atom stereocenters. The molecule has 3 aromatic rings. The van der Waals surface area contributed by atoms with Crippen molar-refractivity contribution in [2.24, 2.45) is 0 Å². The Hall–Kier alpha value is -3.61. The summed E-state index contributed by atoms with van der Waals surface area (Å²) in [4.78, 5) is 12.4. The van der Waals surface area contributed by atoms with E-state index in [1.807, 2.05) is 26.0 Å². The van der Waals surface area contributed by atoms with E-state index in [2.05, 4.69) is 26.9 Å². The van der Waals surface area contributed by atoms with E-state index in [0.29, 0.717) is 23.0 Å². The summed E-state index contributed by atoms with van der Waals surface area (Å²) < 4.78 is 10.4. The second-order valence-electron chi connectivity index (χ2n) is 6.27. The summed E-state index contributed by atoms with van der Waals surface area (Å²) in [6.07, 6.45) is 0. The number of benzene rings is 2. The quantitative estimate of drug-likeness (QED) is 0.671. The molecule has 0 aliphatic rings. The van der Waals surface area contributed by atoms with Gasteiger partial charge in [-0.3, -0.25) is 4.79 Å². The van der Waals surface area contributed by atoms with Crippen molar-refractivity contribution in [2.75, 3.05) is 24.9 Å². The van der Waals surface area contributed by atoms with Gasteiger partial charge < -0.3 is 20.1 Å². The van der Waals surface area contributed by atoms with Crippen molar-refractivity contribution in [3.8, 4) is 11.5 Å². The number of nitrogens with one attached hydrogen (secondary N) is 2. The highest BCUT2D eigenvalue weighted by Gasteiger charge is 2.11. The van der Waals surface area contributed by atoms with E-state index in [9.17, 15) is 4.79 Å². The Bertz CT molecular complexity index is 987. The Balaban J connectivity index is 1.70. The minimum atomic E-state index is -0.363. The maximum atomic E-state index is 12.4. The van der Waals surface area contributed by atoms with Crippen LogP contribution in [0.25, 0.3) is 0 Å². The van der Waals surface area contributed by atoms with Crippen molar-refractivity contribution in [1.82, 2.24) is 10.2 Å². The van der Waals surface area contributed by atoms with Crippen molar-refractivity contribution in [1.29, 1.82) is 0 Å². The molecule has 0 saturated heterocycles. The number of aryl methyl sites for hydroxylation is 2. The van der Waals surface area contributed by atoms with E-state index in [4.69, 9.17) is 9.47 Å². The second-order valence-corrected chi connectivity index (χ2v) is 6.27. The van der Waals surface area contributed by atoms with Gasteiger partial charge in [-0.2, -0.15) is 0 Å². The average molecular weight is 378 g/mol. The minimum absolute atomic E-state index is 0.209. The lowest BCUT2D eigenvalue weighted by Gasteiger charge is -2.11. The van der Waals surface area contributed by atoms with Crippen LogP contribution in [0.5, 0.6) is 11.5 Å². The van der Waals surface area contributed by atoms with Gasteiger partial charge in [0.05, 0.1) is 14.2 Å². The molecule has 0 aliphatic heterocycles. The highest BCUT2D eigenvalue weighted by Crippen LogP contribution is 2.29. The van der Waals surface area contributed by atoms with E-state index < -0.39 is 0 Å². The van der Waals surface area contributed by atoms with Gasteiger partial charge in [-0.25, -0.2) is 0 Å². The van der Waals surface area contributed by atoms with Crippen molar-refractivity contribution in [2.45, 2.75) is 13.8 Å². The Morgan fingerprint density at radius 1 is 0.893 bits per heavy atom. The van der Waals surface area contributed by atoms with Gasteiger partial charge in [-0.05, 0) is 49.7 Å². The van der Waals surface area contributed by atoms with Crippen LogP contribution in [0.4, 0.5) is 17.2 Å². The summed E-state index contributed by atoms with van der Waals surface area (Å²) in [6.45, 7) is 4.07. The number of anilines is 3. The lowest BCUT2D eigenvalue weighted by molar-refractivity contribution is 0.102. The van der Waals surface area contributed by atoms with Crippen molar-refractivity contribution < 1.29 is 14.3 Å². The van der Waals surface area contributed by atoms with Crippen LogP contribution >= 0.6 is 0 Å². The van der Waals surface area contributed by atoms with E-state index in [1.165, 1.54) is 12.7 Å². The molecular weight excluding hydrogens is 356 g/mol. The molecule has 7 heteroatoms. The summed E-state index contributed by atoms with van der Waals surface area (Å²) in [5.74, 6) is 1.31. The first kappa shape index (κ1) is 19.2. The standard InChI is InChI=1S/C21H22N4O3/c1-13-5-7-16(14(2)11-13)23-20-10-8-17(24-25-20)21(26)22-15-6-9-18(27-3)19(12-15)28-4/h5-12H,1-4H3,(H,22,26)(H,23,25). The molecule has 144 valence electrons. The van der Waals surface area contributed by atoms with E-state index in [1.54, 1.807) is 37.4 Å². The zero-order valence-electron chi connectivity index (χ0n) is 16.2. The fourth-order valence-electron chi connectivity index (χ4n) is 2.72. The zero-order chi connectivity index (χ0) is 20.1. The van der Waals surface area contributed by atoms with E-state index in [0.717, 1.165) is 11.3 Å². The molecule has 28 heavy (non-hydrogen) atoms. The lowest BCUT2D eigenvalue weighted by Crippen LogP contribution is -2.14. The molecule has 3 rings (SSSR count). The molecule has 0 aliphatic carbocycles. The number of ether oxygens (including phenoxy) is 2. The molecule has 0 saturated carbocycles. The third-order valence-electron chi connectivity index (χ3n) is 4.18. The number of carbonyl (C=O) groups excluding carboxylic acids is 1. The normalized spacial score (nSPS) is 10.3. The van der Waals surface area contributed by atoms with Crippen LogP contribution in [-0.2, 0) is 0 Å². The second kappa shape index (κ2) is 8.39. The maximum Gasteiger partial charge on any atom is 0.276 e. The molecule has 0 atom stereocenters. The van der Waals surface area contributed by atoms with Gasteiger partial charge in [0.1, 0.15) is 0 Å². The fourth-order valence-corrected chi connectivity index (χ4v) is 2.72. The Morgan fingerprint density at radius 2 is 1.68 bits per heavy atom. The molecule has 1 aromatic heterocycles. The van der Waals surface area contributed by atoms with Gasteiger partial charge in [0.15, 0.2) is 23.0 Å². The highest BCUT2D eigenvalue weighted by atomic mass is 16.5.